The van der Waals surface area contributed by atoms with Gasteiger partial charge in [-0.2, -0.15) is 0 Å². The highest BCUT2D eigenvalue weighted by atomic mass is 15.3. The number of nitrogens with one attached hydrogen (secondary N) is 3. The molecule has 0 aliphatic carbocycles. The highest BCUT2D eigenvalue weighted by Gasteiger charge is 2.23. The number of aromatic nitrogens is 2. The van der Waals surface area contributed by atoms with E-state index in [0.29, 0.717) is 13.1 Å². The molecule has 0 saturated heterocycles. The van der Waals surface area contributed by atoms with Crippen molar-refractivity contribution < 1.29 is 0 Å². The first kappa shape index (κ1) is 12.2. The van der Waals surface area contributed by atoms with E-state index in [0.717, 1.165) is 23.0 Å². The molecule has 0 atom stereocenters. The second-order valence-corrected chi connectivity index (χ2v) is 4.36. The van der Waals surface area contributed by atoms with Gasteiger partial charge in [0.05, 0.1) is 11.4 Å². The van der Waals surface area contributed by atoms with Crippen LogP contribution in [0.2, 0.25) is 0 Å². The molecule has 5 N–H and O–H groups in total. The molecular formula is C13H15N7. The molecule has 102 valence electrons. The Morgan fingerprint density at radius 1 is 1.30 bits per heavy atom. The van der Waals surface area contributed by atoms with Crippen molar-refractivity contribution in [2.24, 2.45) is 5.73 Å². The summed E-state index contributed by atoms with van der Waals surface area (Å²) in [6.45, 7) is 1.20. The van der Waals surface area contributed by atoms with Crippen LogP contribution in [0.1, 0.15) is 0 Å². The lowest BCUT2D eigenvalue weighted by Gasteiger charge is -2.31. The molecule has 0 fully saturated rings. The molecule has 7 heteroatoms. The predicted molar refractivity (Wildman–Crippen MR) is 78.7 cm³/mol. The summed E-state index contributed by atoms with van der Waals surface area (Å²) in [5, 5.41) is 13.3. The summed E-state index contributed by atoms with van der Waals surface area (Å²) in [6, 6.07) is 7.97. The molecule has 1 aromatic carbocycles. The number of rotatable bonds is 3. The van der Waals surface area contributed by atoms with Gasteiger partial charge in [0.15, 0.2) is 17.6 Å². The minimum absolute atomic E-state index is 0.0345. The lowest BCUT2D eigenvalue weighted by molar-refractivity contribution is 0.824. The zero-order chi connectivity index (χ0) is 13.9. The van der Waals surface area contributed by atoms with Crippen LogP contribution < -0.4 is 21.3 Å². The van der Waals surface area contributed by atoms with Crippen LogP contribution in [-0.4, -0.2) is 29.0 Å². The van der Waals surface area contributed by atoms with Gasteiger partial charge in [-0.3, -0.25) is 5.41 Å². The number of fused-ring (bicyclic) bond motifs is 2. The molecule has 0 unspecified atom stereocenters. The van der Waals surface area contributed by atoms with E-state index in [1.54, 1.807) is 12.4 Å². The van der Waals surface area contributed by atoms with E-state index < -0.39 is 0 Å². The van der Waals surface area contributed by atoms with Crippen LogP contribution in [0.5, 0.6) is 0 Å². The molecule has 7 nitrogen and oxygen atoms in total. The standard InChI is InChI=1S/C13H15N7/c14-13(15)18-7-8-20-10-4-2-1-3-9(10)19-11-12(20)17-6-5-16-11/h1-6H,7-8H2,(H,16,19)(H4,14,15,18). The second-order valence-electron chi connectivity index (χ2n) is 4.36. The van der Waals surface area contributed by atoms with E-state index in [1.807, 2.05) is 24.3 Å². The summed E-state index contributed by atoms with van der Waals surface area (Å²) in [7, 11) is 0. The van der Waals surface area contributed by atoms with Crippen LogP contribution in [0.25, 0.3) is 0 Å². The quantitative estimate of drug-likeness (QED) is 0.492. The van der Waals surface area contributed by atoms with Gasteiger partial charge >= 0.3 is 0 Å². The fourth-order valence-corrected chi connectivity index (χ4v) is 2.20. The highest BCUT2D eigenvalue weighted by molar-refractivity contribution is 5.88. The van der Waals surface area contributed by atoms with Gasteiger partial charge in [-0.05, 0) is 12.1 Å². The van der Waals surface area contributed by atoms with E-state index in [2.05, 4.69) is 25.5 Å². The van der Waals surface area contributed by atoms with Crippen molar-refractivity contribution >= 4 is 29.0 Å². The van der Waals surface area contributed by atoms with Gasteiger partial charge < -0.3 is 21.3 Å². The summed E-state index contributed by atoms with van der Waals surface area (Å²) in [5.74, 6) is 1.47. The molecule has 0 saturated carbocycles. The Kier molecular flexibility index (Phi) is 3.08. The number of nitrogens with zero attached hydrogens (tertiary/aromatic N) is 3. The highest BCUT2D eigenvalue weighted by Crippen LogP contribution is 2.40. The molecule has 0 radical (unpaired) electrons. The largest absolute Gasteiger partial charge is 0.370 e. The molecular weight excluding hydrogens is 254 g/mol. The minimum atomic E-state index is -0.0345. The zero-order valence-corrected chi connectivity index (χ0v) is 10.8. The Morgan fingerprint density at radius 2 is 2.10 bits per heavy atom. The smallest absolute Gasteiger partial charge is 0.185 e. The molecule has 1 aliphatic heterocycles. The lowest BCUT2D eigenvalue weighted by atomic mass is 10.2. The molecule has 1 aromatic heterocycles. The molecule has 2 heterocycles. The molecule has 1 aliphatic rings. The van der Waals surface area contributed by atoms with Crippen molar-refractivity contribution in [3.8, 4) is 0 Å². The maximum atomic E-state index is 7.21. The van der Waals surface area contributed by atoms with Gasteiger partial charge in [-0.15, -0.1) is 0 Å². The first-order valence-electron chi connectivity index (χ1n) is 6.28. The zero-order valence-electron chi connectivity index (χ0n) is 10.8. The fourth-order valence-electron chi connectivity index (χ4n) is 2.20. The van der Waals surface area contributed by atoms with Crippen molar-refractivity contribution in [1.29, 1.82) is 5.41 Å². The summed E-state index contributed by atoms with van der Waals surface area (Å²) in [4.78, 5) is 10.8. The van der Waals surface area contributed by atoms with Crippen molar-refractivity contribution in [3.63, 3.8) is 0 Å². The van der Waals surface area contributed by atoms with E-state index in [9.17, 15) is 0 Å². The van der Waals surface area contributed by atoms with Gasteiger partial charge in [-0.1, -0.05) is 12.1 Å². The maximum Gasteiger partial charge on any atom is 0.185 e. The predicted octanol–water partition coefficient (Wildman–Crippen LogP) is 1.15. The third-order valence-corrected chi connectivity index (χ3v) is 3.03. The van der Waals surface area contributed by atoms with Gasteiger partial charge in [0.2, 0.25) is 0 Å². The van der Waals surface area contributed by atoms with E-state index in [4.69, 9.17) is 11.1 Å². The number of guanidine groups is 1. The number of anilines is 4. The number of nitrogens with two attached hydrogens (primary N) is 1. The Labute approximate surface area is 116 Å². The van der Waals surface area contributed by atoms with E-state index >= 15 is 0 Å². The van der Waals surface area contributed by atoms with Crippen molar-refractivity contribution in [2.75, 3.05) is 23.3 Å². The molecule has 2 aromatic rings. The summed E-state index contributed by atoms with van der Waals surface area (Å²) < 4.78 is 0. The number of hydrogen-bond donors (Lipinski definition) is 4. The fraction of sp³-hybridized carbons (Fsp3) is 0.154. The Hall–Kier alpha value is -2.83. The first-order chi connectivity index (χ1) is 9.75. The molecule has 0 spiro atoms. The van der Waals surface area contributed by atoms with Crippen molar-refractivity contribution in [2.45, 2.75) is 0 Å². The first-order valence-corrected chi connectivity index (χ1v) is 6.28. The Balaban J connectivity index is 1.93. The van der Waals surface area contributed by atoms with Crippen LogP contribution >= 0.6 is 0 Å². The van der Waals surface area contributed by atoms with Crippen molar-refractivity contribution in [3.05, 3.63) is 36.7 Å². The molecule has 0 amide bonds. The van der Waals surface area contributed by atoms with Crippen molar-refractivity contribution in [1.82, 2.24) is 15.3 Å². The maximum absolute atomic E-state index is 7.21. The normalized spacial score (nSPS) is 12.1. The third-order valence-electron chi connectivity index (χ3n) is 3.03. The molecule has 3 rings (SSSR count). The summed E-state index contributed by atoms with van der Waals surface area (Å²) in [5.41, 5.74) is 7.33. The lowest BCUT2D eigenvalue weighted by Crippen LogP contribution is -2.37. The SMILES string of the molecule is N=C(N)NCCN1c2ccccc2Nc2nccnc21. The Bertz CT molecular complexity index is 595. The summed E-state index contributed by atoms with van der Waals surface area (Å²) >= 11 is 0. The monoisotopic (exact) mass is 269 g/mol. The van der Waals surface area contributed by atoms with E-state index in [1.165, 1.54) is 0 Å². The van der Waals surface area contributed by atoms with Crippen LogP contribution in [0.4, 0.5) is 23.0 Å². The van der Waals surface area contributed by atoms with Gasteiger partial charge in [-0.25, -0.2) is 9.97 Å². The van der Waals surface area contributed by atoms with Crippen LogP contribution in [0.3, 0.4) is 0 Å². The number of hydrogen-bond acceptors (Lipinski definition) is 5. The molecule has 0 bridgehead atoms. The third kappa shape index (κ3) is 2.20. The average molecular weight is 269 g/mol. The number of para-hydroxylation sites is 2. The van der Waals surface area contributed by atoms with E-state index in [-0.39, 0.29) is 5.96 Å². The minimum Gasteiger partial charge on any atom is -0.370 e. The van der Waals surface area contributed by atoms with Gasteiger partial charge in [0.1, 0.15) is 0 Å². The Morgan fingerprint density at radius 3 is 2.95 bits per heavy atom. The van der Waals surface area contributed by atoms with Gasteiger partial charge in [0, 0.05) is 25.5 Å². The topological polar surface area (TPSA) is 103 Å². The average Bonchev–Trinajstić information content (AvgIpc) is 2.46. The molecule has 20 heavy (non-hydrogen) atoms. The van der Waals surface area contributed by atoms with Crippen LogP contribution in [-0.2, 0) is 0 Å². The van der Waals surface area contributed by atoms with Gasteiger partial charge in [0.25, 0.3) is 0 Å². The second kappa shape index (κ2) is 5.04. The number of benzene rings is 1. The van der Waals surface area contributed by atoms with Crippen LogP contribution in [0, 0.1) is 5.41 Å². The summed E-state index contributed by atoms with van der Waals surface area (Å²) in [6.07, 6.45) is 3.33. The van der Waals surface area contributed by atoms with Crippen LogP contribution in [0.15, 0.2) is 36.7 Å².